The second-order valence-corrected chi connectivity index (χ2v) is 7.47. The molecule has 2 heteroatoms. The van der Waals surface area contributed by atoms with Gasteiger partial charge in [-0.25, -0.2) is 0 Å². The van der Waals surface area contributed by atoms with Crippen LogP contribution in [-0.2, 0) is 6.54 Å². The maximum Gasteiger partial charge on any atom is 0.0233 e. The second kappa shape index (κ2) is 7.50. The van der Waals surface area contributed by atoms with Crippen molar-refractivity contribution in [1.82, 2.24) is 10.2 Å². The van der Waals surface area contributed by atoms with E-state index in [0.717, 1.165) is 24.4 Å². The van der Waals surface area contributed by atoms with Crippen molar-refractivity contribution in [2.75, 3.05) is 19.6 Å². The van der Waals surface area contributed by atoms with Gasteiger partial charge in [-0.05, 0) is 55.9 Å². The highest BCUT2D eigenvalue weighted by atomic mass is 15.1. The molecule has 0 bridgehead atoms. The number of hydrogen-bond acceptors (Lipinski definition) is 2. The van der Waals surface area contributed by atoms with E-state index in [0.29, 0.717) is 0 Å². The highest BCUT2D eigenvalue weighted by molar-refractivity contribution is 5.27. The maximum atomic E-state index is 3.82. The molecular formula is C22H28N2. The monoisotopic (exact) mass is 320 g/mol. The summed E-state index contributed by atoms with van der Waals surface area (Å²) in [5, 5.41) is 3.82. The van der Waals surface area contributed by atoms with Gasteiger partial charge in [-0.15, -0.1) is 0 Å². The van der Waals surface area contributed by atoms with Crippen molar-refractivity contribution in [2.24, 2.45) is 5.92 Å². The Morgan fingerprint density at radius 3 is 2.25 bits per heavy atom. The predicted molar refractivity (Wildman–Crippen MR) is 100 cm³/mol. The lowest BCUT2D eigenvalue weighted by Crippen LogP contribution is -2.37. The van der Waals surface area contributed by atoms with Crippen molar-refractivity contribution in [3.8, 4) is 0 Å². The Hall–Kier alpha value is -1.64. The summed E-state index contributed by atoms with van der Waals surface area (Å²) in [7, 11) is 0. The molecule has 1 saturated carbocycles. The Morgan fingerprint density at radius 2 is 1.54 bits per heavy atom. The summed E-state index contributed by atoms with van der Waals surface area (Å²) < 4.78 is 0. The molecule has 0 radical (unpaired) electrons. The molecule has 1 heterocycles. The first-order chi connectivity index (χ1) is 11.9. The highest BCUT2D eigenvalue weighted by Gasteiger charge is 2.38. The van der Waals surface area contributed by atoms with Crippen molar-refractivity contribution in [1.29, 1.82) is 0 Å². The topological polar surface area (TPSA) is 15.3 Å². The third kappa shape index (κ3) is 4.06. The minimum atomic E-state index is 0.717. The smallest absolute Gasteiger partial charge is 0.0233 e. The van der Waals surface area contributed by atoms with E-state index in [1.54, 1.807) is 0 Å². The molecule has 1 aliphatic carbocycles. The summed E-state index contributed by atoms with van der Waals surface area (Å²) in [5.41, 5.74) is 2.95. The van der Waals surface area contributed by atoms with E-state index in [4.69, 9.17) is 0 Å². The van der Waals surface area contributed by atoms with Crippen molar-refractivity contribution < 1.29 is 0 Å². The van der Waals surface area contributed by atoms with E-state index in [9.17, 15) is 0 Å². The molecule has 1 unspecified atom stereocenters. The lowest BCUT2D eigenvalue weighted by atomic mass is 9.96. The van der Waals surface area contributed by atoms with Crippen LogP contribution in [0, 0.1) is 5.92 Å². The molecule has 0 amide bonds. The minimum absolute atomic E-state index is 0.717. The van der Waals surface area contributed by atoms with Crippen LogP contribution >= 0.6 is 0 Å². The molecule has 24 heavy (non-hydrogen) atoms. The molecule has 1 N–H and O–H groups in total. The number of nitrogens with one attached hydrogen (secondary N) is 1. The van der Waals surface area contributed by atoms with E-state index < -0.39 is 0 Å². The summed E-state index contributed by atoms with van der Waals surface area (Å²) in [5.74, 6) is 1.61. The van der Waals surface area contributed by atoms with Gasteiger partial charge in [0, 0.05) is 18.5 Å². The standard InChI is InChI=1S/C22H28N2/c1-3-7-19(8-4-1)17-24-13-11-18(12-14-24)16-23-22-15-21(22)20-9-5-2-6-10-20/h1-10,18,21-23H,11-17H2/t21-,22?/m1/s1. The Labute approximate surface area is 145 Å². The Bertz CT molecular complexity index is 617. The molecule has 1 aliphatic heterocycles. The van der Waals surface area contributed by atoms with Gasteiger partial charge in [0.1, 0.15) is 0 Å². The minimum Gasteiger partial charge on any atom is -0.313 e. The summed E-state index contributed by atoms with van der Waals surface area (Å²) in [4.78, 5) is 2.61. The zero-order chi connectivity index (χ0) is 16.2. The first-order valence-electron chi connectivity index (χ1n) is 9.43. The summed E-state index contributed by atoms with van der Waals surface area (Å²) in [6.07, 6.45) is 3.99. The SMILES string of the molecule is c1ccc(CN2CCC(CNC3C[C@@H]3c3ccccc3)CC2)cc1. The first-order valence-corrected chi connectivity index (χ1v) is 9.43. The van der Waals surface area contributed by atoms with Gasteiger partial charge >= 0.3 is 0 Å². The average molecular weight is 320 g/mol. The van der Waals surface area contributed by atoms with Gasteiger partial charge in [-0.1, -0.05) is 60.7 Å². The molecular weight excluding hydrogens is 292 g/mol. The molecule has 1 saturated heterocycles. The van der Waals surface area contributed by atoms with Crippen LogP contribution < -0.4 is 5.32 Å². The van der Waals surface area contributed by atoms with Crippen LogP contribution in [0.4, 0.5) is 0 Å². The maximum absolute atomic E-state index is 3.82. The molecule has 4 rings (SSSR count). The summed E-state index contributed by atoms with van der Waals surface area (Å²) >= 11 is 0. The van der Waals surface area contributed by atoms with Gasteiger partial charge < -0.3 is 5.32 Å². The third-order valence-corrected chi connectivity index (χ3v) is 5.64. The van der Waals surface area contributed by atoms with Gasteiger partial charge in [0.25, 0.3) is 0 Å². The molecule has 2 fully saturated rings. The number of rotatable bonds is 6. The Balaban J connectivity index is 1.17. The summed E-state index contributed by atoms with van der Waals surface area (Å²) in [6.45, 7) is 4.80. The quantitative estimate of drug-likeness (QED) is 0.864. The molecule has 2 aliphatic rings. The molecule has 0 spiro atoms. The van der Waals surface area contributed by atoms with Crippen LogP contribution in [0.2, 0.25) is 0 Å². The van der Waals surface area contributed by atoms with Crippen molar-refractivity contribution in [2.45, 2.75) is 37.8 Å². The zero-order valence-electron chi connectivity index (χ0n) is 14.4. The third-order valence-electron chi connectivity index (χ3n) is 5.64. The van der Waals surface area contributed by atoms with Crippen LogP contribution in [-0.4, -0.2) is 30.6 Å². The van der Waals surface area contributed by atoms with Gasteiger partial charge in [0.05, 0.1) is 0 Å². The van der Waals surface area contributed by atoms with Gasteiger partial charge in [0.15, 0.2) is 0 Å². The number of hydrogen-bond donors (Lipinski definition) is 1. The first kappa shape index (κ1) is 15.9. The number of benzene rings is 2. The normalized spacial score (nSPS) is 24.8. The second-order valence-electron chi connectivity index (χ2n) is 7.47. The molecule has 2 aromatic rings. The molecule has 2 aromatic carbocycles. The van der Waals surface area contributed by atoms with E-state index in [-0.39, 0.29) is 0 Å². The van der Waals surface area contributed by atoms with Crippen LogP contribution in [0.1, 0.15) is 36.3 Å². The van der Waals surface area contributed by atoms with Crippen molar-refractivity contribution in [3.05, 3.63) is 71.8 Å². The van der Waals surface area contributed by atoms with E-state index in [2.05, 4.69) is 70.9 Å². The molecule has 126 valence electrons. The largest absolute Gasteiger partial charge is 0.313 e. The number of nitrogens with zero attached hydrogens (tertiary/aromatic N) is 1. The molecule has 0 aromatic heterocycles. The van der Waals surface area contributed by atoms with Crippen molar-refractivity contribution >= 4 is 0 Å². The fraction of sp³-hybridized carbons (Fsp3) is 0.455. The number of likely N-dealkylation sites (tertiary alicyclic amines) is 1. The lowest BCUT2D eigenvalue weighted by Gasteiger charge is -2.32. The Morgan fingerprint density at radius 1 is 0.875 bits per heavy atom. The zero-order valence-corrected chi connectivity index (χ0v) is 14.4. The van der Waals surface area contributed by atoms with Crippen LogP contribution in [0.15, 0.2) is 60.7 Å². The van der Waals surface area contributed by atoms with E-state index >= 15 is 0 Å². The molecule has 2 atom stereocenters. The van der Waals surface area contributed by atoms with Crippen LogP contribution in [0.25, 0.3) is 0 Å². The highest BCUT2D eigenvalue weighted by Crippen LogP contribution is 2.40. The Kier molecular flexibility index (Phi) is 4.96. The van der Waals surface area contributed by atoms with Crippen molar-refractivity contribution in [3.63, 3.8) is 0 Å². The van der Waals surface area contributed by atoms with E-state index in [1.807, 2.05) is 0 Å². The fourth-order valence-corrected chi connectivity index (χ4v) is 4.00. The van der Waals surface area contributed by atoms with E-state index in [1.165, 1.54) is 50.0 Å². The average Bonchev–Trinajstić information content (AvgIpc) is 3.43. The van der Waals surface area contributed by atoms with Gasteiger partial charge in [0.2, 0.25) is 0 Å². The van der Waals surface area contributed by atoms with Crippen LogP contribution in [0.3, 0.4) is 0 Å². The summed E-state index contributed by atoms with van der Waals surface area (Å²) in [6, 6.07) is 22.6. The number of piperidine rings is 1. The molecule has 2 nitrogen and oxygen atoms in total. The van der Waals surface area contributed by atoms with Gasteiger partial charge in [-0.2, -0.15) is 0 Å². The van der Waals surface area contributed by atoms with Crippen LogP contribution in [0.5, 0.6) is 0 Å². The fourth-order valence-electron chi connectivity index (χ4n) is 4.00. The lowest BCUT2D eigenvalue weighted by molar-refractivity contribution is 0.175. The van der Waals surface area contributed by atoms with Gasteiger partial charge in [-0.3, -0.25) is 4.90 Å². The predicted octanol–water partition coefficient (Wildman–Crippen LogP) is 4.04.